The second-order valence-corrected chi connectivity index (χ2v) is 4.78. The molecule has 4 N–H and O–H groups in total. The zero-order chi connectivity index (χ0) is 16.2. The Hall–Kier alpha value is -2.28. The number of hydrogen-bond donors (Lipinski definition) is 3. The van der Waals surface area contributed by atoms with E-state index in [0.717, 1.165) is 0 Å². The van der Waals surface area contributed by atoms with Crippen molar-refractivity contribution >= 4 is 17.6 Å². The van der Waals surface area contributed by atoms with Crippen molar-refractivity contribution in [1.82, 2.24) is 0 Å². The van der Waals surface area contributed by atoms with Gasteiger partial charge >= 0.3 is 5.97 Å². The third-order valence-corrected chi connectivity index (χ3v) is 3.26. The summed E-state index contributed by atoms with van der Waals surface area (Å²) in [6.07, 6.45) is 0.411. The van der Waals surface area contributed by atoms with E-state index in [-0.39, 0.29) is 17.0 Å². The number of aromatic carboxylic acids is 1. The molecule has 7 heteroatoms. The number of carbonyl (C=O) groups excluding carboxylic acids is 1. The van der Waals surface area contributed by atoms with Gasteiger partial charge in [-0.25, -0.2) is 4.79 Å². The van der Waals surface area contributed by atoms with Gasteiger partial charge in [-0.1, -0.05) is 6.92 Å². The molecule has 21 heavy (non-hydrogen) atoms. The molecule has 1 amide bonds. The Morgan fingerprint density at radius 1 is 1.29 bits per heavy atom. The van der Waals surface area contributed by atoms with Crippen molar-refractivity contribution < 1.29 is 24.2 Å². The molecule has 0 radical (unpaired) electrons. The van der Waals surface area contributed by atoms with Gasteiger partial charge in [-0.3, -0.25) is 4.79 Å². The molecule has 0 aliphatic rings. The van der Waals surface area contributed by atoms with Crippen LogP contribution >= 0.6 is 0 Å². The van der Waals surface area contributed by atoms with E-state index in [1.54, 1.807) is 13.8 Å². The van der Waals surface area contributed by atoms with Gasteiger partial charge < -0.3 is 25.6 Å². The van der Waals surface area contributed by atoms with E-state index in [1.165, 1.54) is 26.4 Å². The largest absolute Gasteiger partial charge is 0.493 e. The lowest BCUT2D eigenvalue weighted by atomic mass is 9.99. The lowest BCUT2D eigenvalue weighted by Gasteiger charge is -2.22. The zero-order valence-electron chi connectivity index (χ0n) is 12.5. The average Bonchev–Trinajstić information content (AvgIpc) is 2.46. The Kier molecular flexibility index (Phi) is 5.15. The fourth-order valence-corrected chi connectivity index (χ4v) is 1.58. The molecule has 0 spiro atoms. The highest BCUT2D eigenvalue weighted by Crippen LogP contribution is 2.33. The molecule has 1 aromatic rings. The Balaban J connectivity index is 3.28. The van der Waals surface area contributed by atoms with Crippen LogP contribution in [-0.4, -0.2) is 36.7 Å². The van der Waals surface area contributed by atoms with Gasteiger partial charge in [-0.05, 0) is 13.3 Å². The maximum atomic E-state index is 12.1. The number of methoxy groups -OCH3 is 2. The lowest BCUT2D eigenvalue weighted by Crippen LogP contribution is -2.48. The van der Waals surface area contributed by atoms with Gasteiger partial charge in [0.1, 0.15) is 0 Å². The van der Waals surface area contributed by atoms with E-state index in [0.29, 0.717) is 12.2 Å². The van der Waals surface area contributed by atoms with E-state index in [2.05, 4.69) is 5.32 Å². The molecule has 0 saturated carbocycles. The van der Waals surface area contributed by atoms with Crippen molar-refractivity contribution in [3.8, 4) is 11.5 Å². The predicted octanol–water partition coefficient (Wildman–Crippen LogP) is 1.47. The Morgan fingerprint density at radius 2 is 1.81 bits per heavy atom. The smallest absolute Gasteiger partial charge is 0.337 e. The summed E-state index contributed by atoms with van der Waals surface area (Å²) in [6, 6.07) is 2.68. The first kappa shape index (κ1) is 16.8. The summed E-state index contributed by atoms with van der Waals surface area (Å²) in [5, 5.41) is 11.8. The minimum atomic E-state index is -1.19. The predicted molar refractivity (Wildman–Crippen MR) is 78.0 cm³/mol. The molecule has 1 atom stereocenters. The van der Waals surface area contributed by atoms with Crippen LogP contribution in [0, 0.1) is 0 Å². The zero-order valence-corrected chi connectivity index (χ0v) is 12.5. The second-order valence-electron chi connectivity index (χ2n) is 4.78. The van der Waals surface area contributed by atoms with Crippen LogP contribution in [0.3, 0.4) is 0 Å². The van der Waals surface area contributed by atoms with Crippen LogP contribution in [0.1, 0.15) is 30.6 Å². The van der Waals surface area contributed by atoms with Crippen LogP contribution in [0.2, 0.25) is 0 Å². The number of nitrogens with two attached hydrogens (primary N) is 1. The molecule has 1 aromatic carbocycles. The lowest BCUT2D eigenvalue weighted by molar-refractivity contribution is -0.120. The second kappa shape index (κ2) is 6.45. The van der Waals surface area contributed by atoms with E-state index in [1.807, 2.05) is 0 Å². The number of hydrogen-bond acceptors (Lipinski definition) is 5. The summed E-state index contributed by atoms with van der Waals surface area (Å²) in [4.78, 5) is 23.4. The molecule has 0 aliphatic carbocycles. The number of nitrogens with one attached hydrogen (secondary N) is 1. The number of carboxylic acids is 1. The van der Waals surface area contributed by atoms with Crippen LogP contribution in [-0.2, 0) is 4.79 Å². The molecular weight excluding hydrogens is 276 g/mol. The van der Waals surface area contributed by atoms with E-state index in [4.69, 9.17) is 15.2 Å². The van der Waals surface area contributed by atoms with Gasteiger partial charge in [0.15, 0.2) is 11.5 Å². The SMILES string of the molecule is CCC(C)(N)C(=O)Nc1cc(OC)c(OC)cc1C(=O)O. The van der Waals surface area contributed by atoms with Crippen molar-refractivity contribution in [3.05, 3.63) is 17.7 Å². The number of rotatable bonds is 6. The van der Waals surface area contributed by atoms with Crippen LogP contribution in [0.4, 0.5) is 5.69 Å². The van der Waals surface area contributed by atoms with Crippen molar-refractivity contribution in [2.75, 3.05) is 19.5 Å². The summed E-state index contributed by atoms with van der Waals surface area (Å²) < 4.78 is 10.2. The monoisotopic (exact) mass is 296 g/mol. The number of carbonyl (C=O) groups is 2. The maximum absolute atomic E-state index is 12.1. The first-order valence-electron chi connectivity index (χ1n) is 6.36. The number of anilines is 1. The van der Waals surface area contributed by atoms with Crippen LogP contribution < -0.4 is 20.5 Å². The minimum absolute atomic E-state index is 0.104. The van der Waals surface area contributed by atoms with Crippen molar-refractivity contribution in [2.45, 2.75) is 25.8 Å². The Morgan fingerprint density at radius 3 is 2.24 bits per heavy atom. The summed E-state index contributed by atoms with van der Waals surface area (Å²) in [5.74, 6) is -1.09. The molecular formula is C14H20N2O5. The normalized spacial score (nSPS) is 13.2. The number of benzene rings is 1. The maximum Gasteiger partial charge on any atom is 0.337 e. The molecule has 0 heterocycles. The molecule has 0 aromatic heterocycles. The van der Waals surface area contributed by atoms with Crippen LogP contribution in [0.25, 0.3) is 0 Å². The van der Waals surface area contributed by atoms with E-state index in [9.17, 15) is 14.7 Å². The number of carboxylic acid groups (broad SMARTS) is 1. The molecule has 0 aliphatic heterocycles. The Labute approximate surface area is 123 Å². The highest BCUT2D eigenvalue weighted by atomic mass is 16.5. The molecule has 7 nitrogen and oxygen atoms in total. The highest BCUT2D eigenvalue weighted by Gasteiger charge is 2.28. The molecule has 0 bridgehead atoms. The summed E-state index contributed by atoms with van der Waals surface area (Å²) in [6.45, 7) is 3.34. The minimum Gasteiger partial charge on any atom is -0.493 e. The fourth-order valence-electron chi connectivity index (χ4n) is 1.58. The van der Waals surface area contributed by atoms with Gasteiger partial charge in [0, 0.05) is 12.1 Å². The molecule has 0 fully saturated rings. The third-order valence-electron chi connectivity index (χ3n) is 3.26. The molecule has 1 rings (SSSR count). The van der Waals surface area contributed by atoms with Gasteiger partial charge in [0.05, 0.1) is 31.0 Å². The first-order chi connectivity index (χ1) is 9.76. The van der Waals surface area contributed by atoms with Gasteiger partial charge in [0.25, 0.3) is 0 Å². The Bertz CT molecular complexity index is 555. The highest BCUT2D eigenvalue weighted by molar-refractivity contribution is 6.04. The van der Waals surface area contributed by atoms with E-state index >= 15 is 0 Å². The van der Waals surface area contributed by atoms with Gasteiger partial charge in [-0.15, -0.1) is 0 Å². The molecule has 1 unspecified atom stereocenters. The quantitative estimate of drug-likeness (QED) is 0.733. The van der Waals surface area contributed by atoms with Crippen molar-refractivity contribution in [3.63, 3.8) is 0 Å². The van der Waals surface area contributed by atoms with E-state index < -0.39 is 17.4 Å². The van der Waals surface area contributed by atoms with Crippen LogP contribution in [0.5, 0.6) is 11.5 Å². The fraction of sp³-hybridized carbons (Fsp3) is 0.429. The van der Waals surface area contributed by atoms with Crippen LogP contribution in [0.15, 0.2) is 12.1 Å². The summed E-state index contributed by atoms with van der Waals surface area (Å²) >= 11 is 0. The molecule has 0 saturated heterocycles. The standard InChI is InChI=1S/C14H20N2O5/c1-5-14(2,15)13(19)16-9-7-11(21-4)10(20-3)6-8(9)12(17)18/h6-7H,5,15H2,1-4H3,(H,16,19)(H,17,18). The summed E-state index contributed by atoms with van der Waals surface area (Å²) in [7, 11) is 2.82. The molecule has 116 valence electrons. The summed E-state index contributed by atoms with van der Waals surface area (Å²) in [5.41, 5.74) is 4.75. The third kappa shape index (κ3) is 3.63. The van der Waals surface area contributed by atoms with Gasteiger partial charge in [-0.2, -0.15) is 0 Å². The first-order valence-corrected chi connectivity index (χ1v) is 6.36. The van der Waals surface area contributed by atoms with Crippen molar-refractivity contribution in [2.24, 2.45) is 5.73 Å². The number of amides is 1. The number of ether oxygens (including phenoxy) is 2. The van der Waals surface area contributed by atoms with Crippen molar-refractivity contribution in [1.29, 1.82) is 0 Å². The van der Waals surface area contributed by atoms with Gasteiger partial charge in [0.2, 0.25) is 5.91 Å². The average molecular weight is 296 g/mol. The topological polar surface area (TPSA) is 111 Å².